The van der Waals surface area contributed by atoms with Crippen molar-refractivity contribution in [2.75, 3.05) is 0 Å². The molecule has 0 aliphatic carbocycles. The van der Waals surface area contributed by atoms with Crippen molar-refractivity contribution in [2.45, 2.75) is 46.6 Å². The van der Waals surface area contributed by atoms with Crippen LogP contribution in [-0.2, 0) is 22.6 Å². The van der Waals surface area contributed by atoms with Crippen LogP contribution >= 0.6 is 11.3 Å². The van der Waals surface area contributed by atoms with Gasteiger partial charge in [0.05, 0.1) is 18.4 Å². The Labute approximate surface area is 180 Å². The average Bonchev–Trinajstić information content (AvgIpc) is 3.35. The summed E-state index contributed by atoms with van der Waals surface area (Å²) in [4.78, 5) is 17.0. The third kappa shape index (κ3) is 4.31. The van der Waals surface area contributed by atoms with Crippen molar-refractivity contribution < 1.29 is 13.9 Å². The van der Waals surface area contributed by atoms with Gasteiger partial charge >= 0.3 is 5.97 Å². The summed E-state index contributed by atoms with van der Waals surface area (Å²) in [6.07, 6.45) is 1.83. The minimum Gasteiger partial charge on any atom is -0.464 e. The Kier molecular flexibility index (Phi) is 5.73. The van der Waals surface area contributed by atoms with Gasteiger partial charge < -0.3 is 9.15 Å². The fourth-order valence-electron chi connectivity index (χ4n) is 3.35. The minimum absolute atomic E-state index is 0.174. The molecule has 0 aliphatic heterocycles. The molecule has 4 nitrogen and oxygen atoms in total. The Bertz CT molecular complexity index is 1190. The largest absolute Gasteiger partial charge is 0.464 e. The number of carbonyl (C=O) groups is 1. The lowest BCUT2D eigenvalue weighted by Crippen LogP contribution is -2.08. The summed E-state index contributed by atoms with van der Waals surface area (Å²) in [5.74, 6) is 0.220. The van der Waals surface area contributed by atoms with Gasteiger partial charge in [-0.05, 0) is 48.6 Å². The summed E-state index contributed by atoms with van der Waals surface area (Å²) in [5.41, 5.74) is 7.15. The number of esters is 1. The van der Waals surface area contributed by atoms with E-state index in [2.05, 4.69) is 56.1 Å². The van der Waals surface area contributed by atoms with E-state index in [-0.39, 0.29) is 19.0 Å². The van der Waals surface area contributed by atoms with Gasteiger partial charge in [0, 0.05) is 21.9 Å². The highest BCUT2D eigenvalue weighted by atomic mass is 32.1. The van der Waals surface area contributed by atoms with E-state index in [0.29, 0.717) is 5.92 Å². The van der Waals surface area contributed by atoms with E-state index in [4.69, 9.17) is 9.15 Å². The standard InChI is InChI=1S/C25H25NO3S/c1-15(2)18-5-7-19(8-6-18)25-26-21(14-30-25)13-29-24(27)11-20-12-28-23-10-17(4)16(3)9-22(20)23/h5-10,12,14-15H,11,13H2,1-4H3. The minimum atomic E-state index is -0.285. The molecule has 0 bridgehead atoms. The molecular formula is C25H25NO3S. The second-order valence-corrected chi connectivity index (χ2v) is 8.81. The second kappa shape index (κ2) is 8.44. The molecule has 4 aromatic rings. The summed E-state index contributed by atoms with van der Waals surface area (Å²) in [6.45, 7) is 8.64. The first-order valence-corrected chi connectivity index (χ1v) is 11.0. The van der Waals surface area contributed by atoms with E-state index in [1.54, 1.807) is 17.6 Å². The van der Waals surface area contributed by atoms with Crippen LogP contribution in [0.3, 0.4) is 0 Å². The van der Waals surface area contributed by atoms with E-state index in [9.17, 15) is 4.79 Å². The fraction of sp³-hybridized carbons (Fsp3) is 0.280. The Morgan fingerprint density at radius 2 is 1.87 bits per heavy atom. The molecule has 2 aromatic carbocycles. The maximum absolute atomic E-state index is 12.4. The number of carbonyl (C=O) groups excluding carboxylic acids is 1. The number of nitrogens with zero attached hydrogens (tertiary/aromatic N) is 1. The highest BCUT2D eigenvalue weighted by molar-refractivity contribution is 7.13. The highest BCUT2D eigenvalue weighted by Crippen LogP contribution is 2.27. The number of benzene rings is 2. The predicted octanol–water partition coefficient (Wildman–Crippen LogP) is 6.58. The van der Waals surface area contributed by atoms with Crippen LogP contribution in [-0.4, -0.2) is 11.0 Å². The maximum Gasteiger partial charge on any atom is 0.310 e. The molecule has 0 saturated heterocycles. The third-order valence-corrected chi connectivity index (χ3v) is 6.30. The molecule has 0 amide bonds. The monoisotopic (exact) mass is 419 g/mol. The van der Waals surface area contributed by atoms with Crippen LogP contribution in [0.5, 0.6) is 0 Å². The topological polar surface area (TPSA) is 52.3 Å². The number of fused-ring (bicyclic) bond motifs is 1. The van der Waals surface area contributed by atoms with Gasteiger partial charge in [-0.15, -0.1) is 11.3 Å². The van der Waals surface area contributed by atoms with E-state index in [1.165, 1.54) is 16.7 Å². The third-order valence-electron chi connectivity index (χ3n) is 5.36. The average molecular weight is 420 g/mol. The second-order valence-electron chi connectivity index (χ2n) is 7.95. The number of thiazole rings is 1. The van der Waals surface area contributed by atoms with Gasteiger partial charge in [-0.1, -0.05) is 38.1 Å². The highest BCUT2D eigenvalue weighted by Gasteiger charge is 2.14. The van der Waals surface area contributed by atoms with Gasteiger partial charge in [-0.2, -0.15) is 0 Å². The molecule has 30 heavy (non-hydrogen) atoms. The molecule has 0 spiro atoms. The Morgan fingerprint density at radius 1 is 1.13 bits per heavy atom. The lowest BCUT2D eigenvalue weighted by molar-refractivity contribution is -0.144. The summed E-state index contributed by atoms with van der Waals surface area (Å²) in [5, 5.41) is 3.84. The maximum atomic E-state index is 12.4. The number of rotatable bonds is 6. The molecule has 0 atom stereocenters. The van der Waals surface area contributed by atoms with Gasteiger partial charge in [-0.3, -0.25) is 4.79 Å². The van der Waals surface area contributed by atoms with Crippen LogP contribution in [0.4, 0.5) is 0 Å². The van der Waals surface area contributed by atoms with Crippen molar-refractivity contribution in [1.82, 2.24) is 4.98 Å². The first-order chi connectivity index (χ1) is 14.4. The molecule has 4 rings (SSSR count). The molecule has 0 fully saturated rings. The summed E-state index contributed by atoms with van der Waals surface area (Å²) in [7, 11) is 0. The lowest BCUT2D eigenvalue weighted by atomic mass is 10.0. The van der Waals surface area contributed by atoms with Crippen LogP contribution in [0.15, 0.2) is 52.5 Å². The number of hydrogen-bond donors (Lipinski definition) is 0. The van der Waals surface area contributed by atoms with Crippen LogP contribution < -0.4 is 0 Å². The van der Waals surface area contributed by atoms with Crippen molar-refractivity contribution in [3.63, 3.8) is 0 Å². The van der Waals surface area contributed by atoms with Crippen LogP contribution in [0, 0.1) is 13.8 Å². The SMILES string of the molecule is Cc1cc2occ(CC(=O)OCc3csc(-c4ccc(C(C)C)cc4)n3)c2cc1C. The van der Waals surface area contributed by atoms with Crippen LogP contribution in [0.25, 0.3) is 21.5 Å². The molecule has 2 aromatic heterocycles. The molecule has 5 heteroatoms. The summed E-state index contributed by atoms with van der Waals surface area (Å²) < 4.78 is 11.1. The Morgan fingerprint density at radius 3 is 2.60 bits per heavy atom. The van der Waals surface area contributed by atoms with Crippen molar-refractivity contribution in [3.8, 4) is 10.6 Å². The zero-order valence-electron chi connectivity index (χ0n) is 17.7. The van der Waals surface area contributed by atoms with Gasteiger partial charge in [0.1, 0.15) is 17.2 Å². The van der Waals surface area contributed by atoms with E-state index >= 15 is 0 Å². The molecular weight excluding hydrogens is 394 g/mol. The molecule has 2 heterocycles. The number of ether oxygens (including phenoxy) is 1. The number of aromatic nitrogens is 1. The van der Waals surface area contributed by atoms with Gasteiger partial charge in [-0.25, -0.2) is 4.98 Å². The summed E-state index contributed by atoms with van der Waals surface area (Å²) in [6, 6.07) is 12.5. The molecule has 0 unspecified atom stereocenters. The predicted molar refractivity (Wildman–Crippen MR) is 121 cm³/mol. The first kappa shape index (κ1) is 20.4. The fourth-order valence-corrected chi connectivity index (χ4v) is 4.16. The molecule has 0 aliphatic rings. The normalized spacial score (nSPS) is 11.4. The molecule has 0 radical (unpaired) electrons. The van der Waals surface area contributed by atoms with E-state index < -0.39 is 0 Å². The lowest BCUT2D eigenvalue weighted by Gasteiger charge is -2.05. The van der Waals surface area contributed by atoms with E-state index in [1.807, 2.05) is 18.4 Å². The smallest absolute Gasteiger partial charge is 0.310 e. The molecule has 0 saturated carbocycles. The van der Waals surface area contributed by atoms with Crippen molar-refractivity contribution in [1.29, 1.82) is 0 Å². The quantitative estimate of drug-likeness (QED) is 0.331. The number of aryl methyl sites for hydroxylation is 2. The Balaban J connectivity index is 1.38. The Hall–Kier alpha value is -2.92. The zero-order chi connectivity index (χ0) is 21.3. The molecule has 154 valence electrons. The number of hydrogen-bond acceptors (Lipinski definition) is 5. The van der Waals surface area contributed by atoms with Gasteiger partial charge in [0.25, 0.3) is 0 Å². The molecule has 0 N–H and O–H groups in total. The first-order valence-electron chi connectivity index (χ1n) is 10.1. The van der Waals surface area contributed by atoms with E-state index in [0.717, 1.165) is 32.8 Å². The van der Waals surface area contributed by atoms with Crippen LogP contribution in [0.2, 0.25) is 0 Å². The van der Waals surface area contributed by atoms with Crippen LogP contribution in [0.1, 0.15) is 47.7 Å². The van der Waals surface area contributed by atoms with Gasteiger partial charge in [0.15, 0.2) is 0 Å². The summed E-state index contributed by atoms with van der Waals surface area (Å²) >= 11 is 1.56. The van der Waals surface area contributed by atoms with Crippen molar-refractivity contribution in [3.05, 3.63) is 76.0 Å². The van der Waals surface area contributed by atoms with Gasteiger partial charge in [0.2, 0.25) is 0 Å². The van der Waals surface area contributed by atoms with Crippen molar-refractivity contribution >= 4 is 28.3 Å². The van der Waals surface area contributed by atoms with Crippen molar-refractivity contribution in [2.24, 2.45) is 0 Å². The number of furan rings is 1. The zero-order valence-corrected chi connectivity index (χ0v) is 18.5.